The fourth-order valence-corrected chi connectivity index (χ4v) is 6.37. The van der Waals surface area contributed by atoms with Crippen LogP contribution in [0.15, 0.2) is 83.9 Å². The first-order valence-electron chi connectivity index (χ1n) is 16.1. The molecule has 14 nitrogen and oxygen atoms in total. The van der Waals surface area contributed by atoms with Crippen molar-refractivity contribution in [2.24, 2.45) is 14.1 Å². The van der Waals surface area contributed by atoms with Crippen LogP contribution in [-0.4, -0.2) is 82.7 Å². The number of aromatic nitrogens is 5. The van der Waals surface area contributed by atoms with Crippen LogP contribution < -0.4 is 10.6 Å². The number of carbonyl (C=O) groups excluding carboxylic acids is 4. The summed E-state index contributed by atoms with van der Waals surface area (Å²) in [4.78, 5) is 68.2. The van der Waals surface area contributed by atoms with E-state index in [1.807, 2.05) is 12.1 Å². The Kier molecular flexibility index (Phi) is 8.51. The Bertz CT molecular complexity index is 1870. The molecule has 4 amide bonds. The van der Waals surface area contributed by atoms with Crippen molar-refractivity contribution >= 4 is 35.0 Å². The molecule has 3 aromatic heterocycles. The van der Waals surface area contributed by atoms with Crippen molar-refractivity contribution in [3.05, 3.63) is 91.2 Å². The van der Waals surface area contributed by atoms with Crippen LogP contribution in [0.4, 0.5) is 11.4 Å². The number of nitrogens with zero attached hydrogens (tertiary/aromatic N) is 7. The number of anilines is 2. The van der Waals surface area contributed by atoms with Crippen molar-refractivity contribution in [3.8, 4) is 22.8 Å². The standard InChI is InChI=1S/C35H35N9O5/c1-41-19-15-36-29(41)34(47)43-17-3-5-26(43)31(45)39-24-11-7-22(8-12-24)28-21-38-33(49-28)23-9-13-25(14-10-23)40-32(46)27-6-4-18-44(27)35(48)30-37-16-20-42(30)2/h7-16,19-21,26-27H,3-6,17-18H2,1-2H3,(H,39,45)(H,40,46)/t26-,27-/m0/s1. The summed E-state index contributed by atoms with van der Waals surface area (Å²) in [7, 11) is 3.51. The normalized spacial score (nSPS) is 17.3. The smallest absolute Gasteiger partial charge is 0.290 e. The van der Waals surface area contributed by atoms with Crippen LogP contribution >= 0.6 is 0 Å². The Morgan fingerprint density at radius 1 is 0.673 bits per heavy atom. The maximum Gasteiger partial charge on any atom is 0.290 e. The molecule has 0 unspecified atom stereocenters. The number of nitrogens with one attached hydrogen (secondary N) is 2. The van der Waals surface area contributed by atoms with Crippen LogP contribution in [0, 0.1) is 0 Å². The Morgan fingerprint density at radius 3 is 1.59 bits per heavy atom. The molecule has 0 spiro atoms. The van der Waals surface area contributed by atoms with E-state index in [1.54, 1.807) is 100 Å². The van der Waals surface area contributed by atoms with Crippen LogP contribution in [-0.2, 0) is 23.7 Å². The van der Waals surface area contributed by atoms with E-state index in [1.165, 1.54) is 0 Å². The van der Waals surface area contributed by atoms with E-state index in [2.05, 4.69) is 25.6 Å². The highest BCUT2D eigenvalue weighted by Gasteiger charge is 2.37. The quantitative estimate of drug-likeness (QED) is 0.253. The zero-order valence-corrected chi connectivity index (χ0v) is 27.1. The van der Waals surface area contributed by atoms with Crippen LogP contribution in [0.5, 0.6) is 0 Å². The number of carbonyl (C=O) groups is 4. The fraction of sp³-hybridized carbons (Fsp3) is 0.286. The molecule has 2 atom stereocenters. The molecule has 0 radical (unpaired) electrons. The lowest BCUT2D eigenvalue weighted by Gasteiger charge is -2.23. The van der Waals surface area contributed by atoms with Gasteiger partial charge in [0.15, 0.2) is 17.4 Å². The van der Waals surface area contributed by atoms with Gasteiger partial charge in [-0.1, -0.05) is 0 Å². The number of imidazole rings is 2. The summed E-state index contributed by atoms with van der Waals surface area (Å²) in [5.41, 5.74) is 2.69. The number of hydrogen-bond acceptors (Lipinski definition) is 8. The second-order valence-corrected chi connectivity index (χ2v) is 12.2. The minimum atomic E-state index is -0.573. The largest absolute Gasteiger partial charge is 0.436 e. The minimum Gasteiger partial charge on any atom is -0.436 e. The molecular weight excluding hydrogens is 626 g/mol. The summed E-state index contributed by atoms with van der Waals surface area (Å²) in [6.07, 6.45) is 10.8. The molecule has 49 heavy (non-hydrogen) atoms. The number of aryl methyl sites for hydroxylation is 2. The molecular formula is C35H35N9O5. The molecule has 2 N–H and O–H groups in total. The first-order valence-corrected chi connectivity index (χ1v) is 16.1. The van der Waals surface area contributed by atoms with E-state index >= 15 is 0 Å². The van der Waals surface area contributed by atoms with Gasteiger partial charge in [-0.2, -0.15) is 0 Å². The van der Waals surface area contributed by atoms with E-state index < -0.39 is 12.1 Å². The summed E-state index contributed by atoms with van der Waals surface area (Å²) >= 11 is 0. The van der Waals surface area contributed by atoms with Crippen molar-refractivity contribution in [2.45, 2.75) is 37.8 Å². The van der Waals surface area contributed by atoms with Gasteiger partial charge < -0.3 is 34.0 Å². The van der Waals surface area contributed by atoms with Gasteiger partial charge in [-0.15, -0.1) is 0 Å². The summed E-state index contributed by atoms with van der Waals surface area (Å²) < 4.78 is 9.34. The maximum atomic E-state index is 13.1. The van der Waals surface area contributed by atoms with Crippen molar-refractivity contribution < 1.29 is 23.6 Å². The summed E-state index contributed by atoms with van der Waals surface area (Å²) in [6, 6.07) is 13.2. The third-order valence-electron chi connectivity index (χ3n) is 9.00. The molecule has 2 fully saturated rings. The third kappa shape index (κ3) is 6.32. The molecule has 0 aliphatic carbocycles. The SMILES string of the molecule is Cn1ccnc1C(=O)N1CCC[C@H]1C(=O)Nc1ccc(-c2cnc(-c3ccc(NC(=O)[C@@H]4CCCN4C(=O)c4nccn4C)cc3)o2)cc1. The van der Waals surface area contributed by atoms with Gasteiger partial charge in [-0.3, -0.25) is 19.2 Å². The molecule has 2 saturated heterocycles. The molecule has 2 aliphatic rings. The maximum absolute atomic E-state index is 13.1. The monoisotopic (exact) mass is 661 g/mol. The fourth-order valence-electron chi connectivity index (χ4n) is 6.37. The lowest BCUT2D eigenvalue weighted by atomic mass is 10.1. The number of oxazole rings is 1. The zero-order chi connectivity index (χ0) is 34.1. The predicted octanol–water partition coefficient (Wildman–Crippen LogP) is 3.96. The molecule has 250 valence electrons. The average molecular weight is 662 g/mol. The molecule has 2 aromatic carbocycles. The number of amides is 4. The molecule has 7 rings (SSSR count). The first-order chi connectivity index (χ1) is 23.8. The average Bonchev–Trinajstić information content (AvgIpc) is 3.95. The Hall–Kier alpha value is -6.05. The highest BCUT2D eigenvalue weighted by Crippen LogP contribution is 2.29. The van der Waals surface area contributed by atoms with E-state index in [4.69, 9.17) is 4.42 Å². The van der Waals surface area contributed by atoms with Gasteiger partial charge in [0, 0.05) is 74.5 Å². The van der Waals surface area contributed by atoms with Gasteiger partial charge >= 0.3 is 0 Å². The number of hydrogen-bond donors (Lipinski definition) is 2. The molecule has 14 heteroatoms. The van der Waals surface area contributed by atoms with E-state index in [9.17, 15) is 19.2 Å². The van der Waals surface area contributed by atoms with Crippen molar-refractivity contribution in [3.63, 3.8) is 0 Å². The van der Waals surface area contributed by atoms with Gasteiger partial charge in [0.05, 0.1) is 6.20 Å². The highest BCUT2D eigenvalue weighted by molar-refractivity contribution is 6.01. The highest BCUT2D eigenvalue weighted by atomic mass is 16.4. The van der Waals surface area contributed by atoms with Crippen molar-refractivity contribution in [1.82, 2.24) is 33.9 Å². The Morgan fingerprint density at radius 2 is 1.14 bits per heavy atom. The minimum absolute atomic E-state index is 0.243. The van der Waals surface area contributed by atoms with Gasteiger partial charge in [-0.05, 0) is 74.2 Å². The number of rotatable bonds is 8. The Labute approximate surface area is 281 Å². The Balaban J connectivity index is 0.955. The topological polar surface area (TPSA) is 160 Å². The van der Waals surface area contributed by atoms with Crippen LogP contribution in [0.3, 0.4) is 0 Å². The second-order valence-electron chi connectivity index (χ2n) is 12.2. The molecule has 5 heterocycles. The van der Waals surface area contributed by atoms with Crippen LogP contribution in [0.25, 0.3) is 22.8 Å². The zero-order valence-electron chi connectivity index (χ0n) is 27.1. The van der Waals surface area contributed by atoms with Crippen LogP contribution in [0.2, 0.25) is 0 Å². The van der Waals surface area contributed by atoms with Gasteiger partial charge in [0.1, 0.15) is 12.1 Å². The van der Waals surface area contributed by atoms with E-state index in [-0.39, 0.29) is 23.6 Å². The van der Waals surface area contributed by atoms with E-state index in [0.29, 0.717) is 60.6 Å². The van der Waals surface area contributed by atoms with Gasteiger partial charge in [0.2, 0.25) is 17.7 Å². The van der Waals surface area contributed by atoms with Gasteiger partial charge in [-0.25, -0.2) is 15.0 Å². The lowest BCUT2D eigenvalue weighted by Crippen LogP contribution is -2.43. The summed E-state index contributed by atoms with van der Waals surface area (Å²) in [5, 5.41) is 5.86. The van der Waals surface area contributed by atoms with Crippen molar-refractivity contribution in [2.75, 3.05) is 23.7 Å². The number of benzene rings is 2. The summed E-state index contributed by atoms with van der Waals surface area (Å²) in [5.74, 6) is 0.562. The predicted molar refractivity (Wildman–Crippen MR) is 179 cm³/mol. The third-order valence-corrected chi connectivity index (χ3v) is 9.00. The molecule has 5 aromatic rings. The lowest BCUT2D eigenvalue weighted by molar-refractivity contribution is -0.120. The molecule has 2 aliphatic heterocycles. The summed E-state index contributed by atoms with van der Waals surface area (Å²) in [6.45, 7) is 1.00. The van der Waals surface area contributed by atoms with E-state index in [0.717, 1.165) is 24.0 Å². The van der Waals surface area contributed by atoms with Crippen molar-refractivity contribution in [1.29, 1.82) is 0 Å². The van der Waals surface area contributed by atoms with Crippen LogP contribution in [0.1, 0.15) is 46.9 Å². The first kappa shape index (κ1) is 31.5. The molecule has 0 saturated carbocycles. The molecule has 0 bridgehead atoms. The number of likely N-dealkylation sites (tertiary alicyclic amines) is 2. The second kappa shape index (κ2) is 13.2. The van der Waals surface area contributed by atoms with Gasteiger partial charge in [0.25, 0.3) is 11.8 Å².